The highest BCUT2D eigenvalue weighted by atomic mass is 32.1. The fourth-order valence-electron chi connectivity index (χ4n) is 2.21. The molecule has 1 aromatic rings. The quantitative estimate of drug-likeness (QED) is 0.803. The molecule has 18 heavy (non-hydrogen) atoms. The predicted molar refractivity (Wildman–Crippen MR) is 71.6 cm³/mol. The first-order valence-corrected chi connectivity index (χ1v) is 6.49. The SMILES string of the molecule is CN1CCCC(NC(=O)c2ccc(F)c(S)c2)C1. The largest absolute Gasteiger partial charge is 0.348 e. The molecule has 1 aliphatic rings. The van der Waals surface area contributed by atoms with E-state index in [1.807, 2.05) is 7.05 Å². The second kappa shape index (κ2) is 5.71. The zero-order chi connectivity index (χ0) is 13.1. The summed E-state index contributed by atoms with van der Waals surface area (Å²) in [5, 5.41) is 2.98. The van der Waals surface area contributed by atoms with E-state index >= 15 is 0 Å². The van der Waals surface area contributed by atoms with Gasteiger partial charge in [-0.1, -0.05) is 0 Å². The van der Waals surface area contributed by atoms with Gasteiger partial charge in [0.1, 0.15) is 5.82 Å². The summed E-state index contributed by atoms with van der Waals surface area (Å²) in [6, 6.07) is 4.38. The summed E-state index contributed by atoms with van der Waals surface area (Å²) in [5.74, 6) is -0.571. The van der Waals surface area contributed by atoms with Gasteiger partial charge >= 0.3 is 0 Å². The molecule has 98 valence electrons. The standard InChI is InChI=1S/C13H17FN2OS/c1-16-6-2-3-10(8-16)15-13(17)9-4-5-11(14)12(18)7-9/h4-5,7,10,18H,2-3,6,8H2,1H3,(H,15,17). The molecule has 0 aliphatic carbocycles. The van der Waals surface area contributed by atoms with Crippen molar-refractivity contribution < 1.29 is 9.18 Å². The van der Waals surface area contributed by atoms with Gasteiger partial charge in [0.05, 0.1) is 0 Å². The summed E-state index contributed by atoms with van der Waals surface area (Å²) in [6.07, 6.45) is 2.08. The van der Waals surface area contributed by atoms with Crippen molar-refractivity contribution in [3.63, 3.8) is 0 Å². The van der Waals surface area contributed by atoms with Crippen LogP contribution in [0.4, 0.5) is 4.39 Å². The van der Waals surface area contributed by atoms with Crippen LogP contribution in [0.5, 0.6) is 0 Å². The van der Waals surface area contributed by atoms with Crippen molar-refractivity contribution in [3.8, 4) is 0 Å². The molecule has 0 bridgehead atoms. The maximum Gasteiger partial charge on any atom is 0.251 e. The van der Waals surface area contributed by atoms with Gasteiger partial charge in [0.15, 0.2) is 0 Å². The maximum absolute atomic E-state index is 13.1. The molecule has 1 aromatic carbocycles. The van der Waals surface area contributed by atoms with Crippen LogP contribution in [0, 0.1) is 5.82 Å². The van der Waals surface area contributed by atoms with Gasteiger partial charge in [-0.3, -0.25) is 4.79 Å². The molecular formula is C13H17FN2OS. The Morgan fingerprint density at radius 3 is 3.00 bits per heavy atom. The Morgan fingerprint density at radius 1 is 1.56 bits per heavy atom. The van der Waals surface area contributed by atoms with Crippen LogP contribution in [0.15, 0.2) is 23.1 Å². The fourth-order valence-corrected chi connectivity index (χ4v) is 2.42. The van der Waals surface area contributed by atoms with Gasteiger partial charge in [0, 0.05) is 23.0 Å². The Morgan fingerprint density at radius 2 is 2.33 bits per heavy atom. The number of nitrogens with zero attached hydrogens (tertiary/aromatic N) is 1. The molecule has 1 N–H and O–H groups in total. The van der Waals surface area contributed by atoms with E-state index in [0.29, 0.717) is 5.56 Å². The highest BCUT2D eigenvalue weighted by molar-refractivity contribution is 7.80. The van der Waals surface area contributed by atoms with Crippen molar-refractivity contribution >= 4 is 18.5 Å². The Hall–Kier alpha value is -1.07. The predicted octanol–water partition coefficient (Wildman–Crippen LogP) is 1.94. The number of thiol groups is 1. The highest BCUT2D eigenvalue weighted by Gasteiger charge is 2.19. The number of likely N-dealkylation sites (N-methyl/N-ethyl adjacent to an activating group) is 1. The van der Waals surface area contributed by atoms with E-state index < -0.39 is 5.82 Å². The summed E-state index contributed by atoms with van der Waals surface area (Å²) in [7, 11) is 2.04. The van der Waals surface area contributed by atoms with Gasteiger partial charge in [-0.25, -0.2) is 4.39 Å². The van der Waals surface area contributed by atoms with Crippen LogP contribution in [0.25, 0.3) is 0 Å². The molecule has 0 aromatic heterocycles. The molecular weight excluding hydrogens is 251 g/mol. The summed E-state index contributed by atoms with van der Waals surface area (Å²) < 4.78 is 13.1. The molecule has 1 fully saturated rings. The zero-order valence-corrected chi connectivity index (χ0v) is 11.2. The second-order valence-corrected chi connectivity index (χ2v) is 5.22. The van der Waals surface area contributed by atoms with Crippen LogP contribution in [0.2, 0.25) is 0 Å². The molecule has 0 saturated carbocycles. The van der Waals surface area contributed by atoms with Crippen LogP contribution in [-0.2, 0) is 0 Å². The number of benzene rings is 1. The first-order chi connectivity index (χ1) is 8.56. The second-order valence-electron chi connectivity index (χ2n) is 4.74. The van der Waals surface area contributed by atoms with E-state index in [0.717, 1.165) is 25.9 Å². The van der Waals surface area contributed by atoms with Crippen LogP contribution in [0.3, 0.4) is 0 Å². The molecule has 1 atom stereocenters. The zero-order valence-electron chi connectivity index (χ0n) is 10.3. The Balaban J connectivity index is 2.00. The van der Waals surface area contributed by atoms with Crippen molar-refractivity contribution in [1.29, 1.82) is 0 Å². The minimum atomic E-state index is -0.410. The molecule has 1 aliphatic heterocycles. The van der Waals surface area contributed by atoms with E-state index in [-0.39, 0.29) is 16.8 Å². The number of carbonyl (C=O) groups excluding carboxylic acids is 1. The fraction of sp³-hybridized carbons (Fsp3) is 0.462. The lowest BCUT2D eigenvalue weighted by atomic mass is 10.1. The van der Waals surface area contributed by atoms with Gasteiger partial charge in [-0.15, -0.1) is 12.6 Å². The van der Waals surface area contributed by atoms with Gasteiger partial charge in [-0.05, 0) is 44.6 Å². The van der Waals surface area contributed by atoms with Crippen LogP contribution < -0.4 is 5.32 Å². The summed E-state index contributed by atoms with van der Waals surface area (Å²) in [4.78, 5) is 14.4. The van der Waals surface area contributed by atoms with Crippen molar-refractivity contribution in [2.24, 2.45) is 0 Å². The monoisotopic (exact) mass is 268 g/mol. The van der Waals surface area contributed by atoms with Crippen LogP contribution >= 0.6 is 12.6 Å². The Kier molecular flexibility index (Phi) is 4.24. The number of piperidine rings is 1. The summed E-state index contributed by atoms with van der Waals surface area (Å²) in [5.41, 5.74) is 0.453. The highest BCUT2D eigenvalue weighted by Crippen LogP contribution is 2.15. The first-order valence-electron chi connectivity index (χ1n) is 6.04. The van der Waals surface area contributed by atoms with E-state index in [9.17, 15) is 9.18 Å². The summed E-state index contributed by atoms with van der Waals surface area (Å²) in [6.45, 7) is 1.93. The van der Waals surface area contributed by atoms with Crippen molar-refractivity contribution in [3.05, 3.63) is 29.6 Å². The van der Waals surface area contributed by atoms with Crippen LogP contribution in [-0.4, -0.2) is 37.0 Å². The smallest absolute Gasteiger partial charge is 0.251 e. The number of likely N-dealkylation sites (tertiary alicyclic amines) is 1. The van der Waals surface area contributed by atoms with Crippen molar-refractivity contribution in [1.82, 2.24) is 10.2 Å². The number of halogens is 1. The van der Waals surface area contributed by atoms with Gasteiger partial charge in [-0.2, -0.15) is 0 Å². The van der Waals surface area contributed by atoms with Crippen molar-refractivity contribution in [2.45, 2.75) is 23.8 Å². The minimum absolute atomic E-state index is 0.161. The van der Waals surface area contributed by atoms with E-state index in [1.54, 1.807) is 0 Å². The average molecular weight is 268 g/mol. The molecule has 3 nitrogen and oxygen atoms in total. The van der Waals surface area contributed by atoms with E-state index in [2.05, 4.69) is 22.8 Å². The van der Waals surface area contributed by atoms with Gasteiger partial charge < -0.3 is 10.2 Å². The number of hydrogen-bond acceptors (Lipinski definition) is 3. The molecule has 1 heterocycles. The normalized spacial score (nSPS) is 20.7. The third-order valence-electron chi connectivity index (χ3n) is 3.17. The molecule has 2 rings (SSSR count). The maximum atomic E-state index is 13.1. The lowest BCUT2D eigenvalue weighted by Crippen LogP contribution is -2.46. The third-order valence-corrected chi connectivity index (χ3v) is 3.51. The molecule has 5 heteroatoms. The lowest BCUT2D eigenvalue weighted by molar-refractivity contribution is 0.0912. The first kappa shape index (κ1) is 13.4. The minimum Gasteiger partial charge on any atom is -0.348 e. The Bertz CT molecular complexity index is 453. The number of carbonyl (C=O) groups is 1. The number of hydrogen-bond donors (Lipinski definition) is 2. The number of nitrogens with one attached hydrogen (secondary N) is 1. The van der Waals surface area contributed by atoms with Crippen LogP contribution in [0.1, 0.15) is 23.2 Å². The number of rotatable bonds is 2. The number of amides is 1. The Labute approximate surface area is 112 Å². The molecule has 1 saturated heterocycles. The van der Waals surface area contributed by atoms with Crippen molar-refractivity contribution in [2.75, 3.05) is 20.1 Å². The van der Waals surface area contributed by atoms with Gasteiger partial charge in [0.25, 0.3) is 5.91 Å². The molecule has 1 amide bonds. The summed E-state index contributed by atoms with van der Waals surface area (Å²) >= 11 is 3.98. The van der Waals surface area contributed by atoms with E-state index in [4.69, 9.17) is 0 Å². The molecule has 1 unspecified atom stereocenters. The topological polar surface area (TPSA) is 32.3 Å². The average Bonchev–Trinajstić information content (AvgIpc) is 2.32. The van der Waals surface area contributed by atoms with Gasteiger partial charge in [0.2, 0.25) is 0 Å². The third kappa shape index (κ3) is 3.23. The molecule has 0 radical (unpaired) electrons. The lowest BCUT2D eigenvalue weighted by Gasteiger charge is -2.30. The van der Waals surface area contributed by atoms with E-state index in [1.165, 1.54) is 18.2 Å². The molecule has 0 spiro atoms.